The Hall–Kier alpha value is -3.76. The Bertz CT molecular complexity index is 1340. The van der Waals surface area contributed by atoms with Gasteiger partial charge in [0.25, 0.3) is 0 Å². The van der Waals surface area contributed by atoms with Crippen LogP contribution in [0.5, 0.6) is 11.8 Å². The summed E-state index contributed by atoms with van der Waals surface area (Å²) in [5.41, 5.74) is 1.45. The molecule has 11 heteroatoms. The van der Waals surface area contributed by atoms with Gasteiger partial charge >= 0.3 is 6.01 Å². The van der Waals surface area contributed by atoms with Crippen molar-refractivity contribution in [3.63, 3.8) is 0 Å². The van der Waals surface area contributed by atoms with E-state index in [1.54, 1.807) is 24.1 Å². The molecule has 0 unspecified atom stereocenters. The number of ether oxygens (including phenoxy) is 2. The number of benzene rings is 1. The van der Waals surface area contributed by atoms with E-state index in [1.165, 1.54) is 25.3 Å². The van der Waals surface area contributed by atoms with Gasteiger partial charge in [0.2, 0.25) is 11.9 Å². The highest BCUT2D eigenvalue weighted by Crippen LogP contribution is 2.49. The van der Waals surface area contributed by atoms with Crippen LogP contribution in [0.3, 0.4) is 0 Å². The minimum Gasteiger partial charge on any atom is -0.493 e. The van der Waals surface area contributed by atoms with Gasteiger partial charge in [0.15, 0.2) is 5.82 Å². The Kier molecular flexibility index (Phi) is 7.53. The minimum atomic E-state index is -0.415. The maximum Gasteiger partial charge on any atom is 0.316 e. The number of nitrogens with zero attached hydrogens (tertiary/aromatic N) is 7. The molecule has 1 aromatic carbocycles. The first-order valence-electron chi connectivity index (χ1n) is 14.2. The van der Waals surface area contributed by atoms with Crippen molar-refractivity contribution in [3.8, 4) is 11.8 Å². The fourth-order valence-electron chi connectivity index (χ4n) is 6.12. The highest BCUT2D eigenvalue weighted by atomic mass is 19.1. The lowest BCUT2D eigenvalue weighted by Crippen LogP contribution is -2.39. The molecular weight excluding hydrogens is 513 g/mol. The molecule has 0 spiro atoms. The molecule has 0 bridgehead atoms. The van der Waals surface area contributed by atoms with Gasteiger partial charge in [-0.3, -0.25) is 9.36 Å². The summed E-state index contributed by atoms with van der Waals surface area (Å²) in [6, 6.07) is 5.25. The highest BCUT2D eigenvalue weighted by Gasteiger charge is 2.43. The molecule has 2 fully saturated rings. The molecule has 1 amide bonds. The lowest BCUT2D eigenvalue weighted by Gasteiger charge is -2.32. The van der Waals surface area contributed by atoms with Gasteiger partial charge < -0.3 is 19.3 Å². The monoisotopic (exact) mass is 549 g/mol. The summed E-state index contributed by atoms with van der Waals surface area (Å²) in [6.45, 7) is 5.99. The number of piperidine rings is 1. The van der Waals surface area contributed by atoms with Crippen LogP contribution < -0.4 is 14.4 Å². The fourth-order valence-corrected chi connectivity index (χ4v) is 6.12. The smallest absolute Gasteiger partial charge is 0.316 e. The topological polar surface area (TPSA) is 98.5 Å². The zero-order valence-corrected chi connectivity index (χ0v) is 23.1. The van der Waals surface area contributed by atoms with Crippen LogP contribution in [0.25, 0.3) is 0 Å². The number of carbonyl (C=O) groups is 1. The first-order valence-corrected chi connectivity index (χ1v) is 14.2. The number of halogens is 1. The van der Waals surface area contributed by atoms with Gasteiger partial charge in [-0.2, -0.15) is 0 Å². The maximum atomic E-state index is 14.8. The van der Waals surface area contributed by atoms with E-state index < -0.39 is 5.82 Å². The van der Waals surface area contributed by atoms with Crippen molar-refractivity contribution in [2.75, 3.05) is 38.3 Å². The molecule has 0 radical (unpaired) electrons. The van der Waals surface area contributed by atoms with Crippen molar-refractivity contribution < 1.29 is 18.7 Å². The van der Waals surface area contributed by atoms with Crippen molar-refractivity contribution in [2.45, 2.75) is 52.1 Å². The van der Waals surface area contributed by atoms with Crippen molar-refractivity contribution in [1.29, 1.82) is 0 Å². The van der Waals surface area contributed by atoms with Crippen LogP contribution in [0.2, 0.25) is 0 Å². The SMILES string of the molecule is COc1nnc2n1CCN(C(=O)Cc1ccc(OCC[C@@H]3C[C@@H]3C3CCN(c4ncc(C)cn4)CC3)cc1F)C2. The van der Waals surface area contributed by atoms with Crippen LogP contribution in [-0.2, 0) is 24.3 Å². The molecule has 2 aliphatic heterocycles. The first kappa shape index (κ1) is 26.5. The number of hydrogen-bond donors (Lipinski definition) is 0. The molecule has 212 valence electrons. The van der Waals surface area contributed by atoms with Gasteiger partial charge in [-0.1, -0.05) is 11.2 Å². The van der Waals surface area contributed by atoms with E-state index in [2.05, 4.69) is 25.1 Å². The van der Waals surface area contributed by atoms with E-state index >= 15 is 0 Å². The molecule has 2 aromatic heterocycles. The molecule has 40 heavy (non-hydrogen) atoms. The summed E-state index contributed by atoms with van der Waals surface area (Å²) in [5, 5.41) is 8.06. The van der Waals surface area contributed by atoms with Gasteiger partial charge in [0, 0.05) is 44.6 Å². The second-order valence-corrected chi connectivity index (χ2v) is 11.2. The molecule has 10 nitrogen and oxygen atoms in total. The number of amides is 1. The highest BCUT2D eigenvalue weighted by molar-refractivity contribution is 5.79. The van der Waals surface area contributed by atoms with Crippen LogP contribution in [0, 0.1) is 30.5 Å². The van der Waals surface area contributed by atoms with Gasteiger partial charge in [-0.25, -0.2) is 14.4 Å². The second-order valence-electron chi connectivity index (χ2n) is 11.2. The largest absolute Gasteiger partial charge is 0.493 e. The van der Waals surface area contributed by atoms with Crippen molar-refractivity contribution >= 4 is 11.9 Å². The van der Waals surface area contributed by atoms with Crippen molar-refractivity contribution in [2.24, 2.45) is 17.8 Å². The average Bonchev–Trinajstić information content (AvgIpc) is 3.63. The van der Waals surface area contributed by atoms with Crippen molar-refractivity contribution in [3.05, 3.63) is 53.4 Å². The van der Waals surface area contributed by atoms with Crippen LogP contribution in [-0.4, -0.2) is 68.9 Å². The van der Waals surface area contributed by atoms with Gasteiger partial charge in [-0.15, -0.1) is 5.10 Å². The van der Waals surface area contributed by atoms with Crippen LogP contribution >= 0.6 is 0 Å². The third-order valence-corrected chi connectivity index (χ3v) is 8.55. The number of rotatable bonds is 9. The number of anilines is 1. The number of hydrogen-bond acceptors (Lipinski definition) is 8. The van der Waals surface area contributed by atoms with Gasteiger partial charge in [0.1, 0.15) is 11.6 Å². The van der Waals surface area contributed by atoms with Crippen LogP contribution in [0.15, 0.2) is 30.6 Å². The number of aryl methyl sites for hydroxylation is 1. The fraction of sp³-hybridized carbons (Fsp3) is 0.552. The quantitative estimate of drug-likeness (QED) is 0.401. The summed E-state index contributed by atoms with van der Waals surface area (Å²) < 4.78 is 27.8. The summed E-state index contributed by atoms with van der Waals surface area (Å²) in [5.74, 6) is 3.66. The molecule has 2 atom stereocenters. The van der Waals surface area contributed by atoms with E-state index in [0.717, 1.165) is 42.9 Å². The Labute approximate surface area is 233 Å². The number of carbonyl (C=O) groups excluding carboxylic acids is 1. The molecule has 4 heterocycles. The lowest BCUT2D eigenvalue weighted by molar-refractivity contribution is -0.132. The predicted octanol–water partition coefficient (Wildman–Crippen LogP) is 3.43. The van der Waals surface area contributed by atoms with E-state index in [0.29, 0.717) is 55.3 Å². The van der Waals surface area contributed by atoms with Crippen molar-refractivity contribution in [1.82, 2.24) is 29.6 Å². The summed E-state index contributed by atoms with van der Waals surface area (Å²) >= 11 is 0. The summed E-state index contributed by atoms with van der Waals surface area (Å²) in [7, 11) is 1.54. The standard InChI is InChI=1S/C29H36FN7O3/c1-19-16-31-28(32-17-19)35-8-5-20(6-9-35)24-13-21(24)7-12-40-23-4-3-22(25(30)15-23)14-27(38)36-10-11-37-26(18-36)33-34-29(37)39-2/h3-4,15-17,20-21,24H,5-14,18H2,1-2H3/t21-,24-/m1/s1. The zero-order valence-electron chi connectivity index (χ0n) is 23.1. The Morgan fingerprint density at radius 1 is 1.10 bits per heavy atom. The normalized spacial score (nSPS) is 20.8. The van der Waals surface area contributed by atoms with E-state index in [-0.39, 0.29) is 12.3 Å². The molecule has 6 rings (SSSR count). The summed E-state index contributed by atoms with van der Waals surface area (Å²) in [6.07, 6.45) is 8.35. The van der Waals surface area contributed by atoms with Gasteiger partial charge in [-0.05, 0) is 67.6 Å². The molecule has 3 aliphatic rings. The second kappa shape index (κ2) is 11.4. The van der Waals surface area contributed by atoms with E-state index in [1.807, 2.05) is 23.9 Å². The molecule has 1 saturated heterocycles. The van der Waals surface area contributed by atoms with E-state index in [9.17, 15) is 9.18 Å². The number of aromatic nitrogens is 5. The molecule has 3 aromatic rings. The Morgan fingerprint density at radius 2 is 1.90 bits per heavy atom. The Balaban J connectivity index is 0.924. The minimum absolute atomic E-state index is 0.00397. The molecule has 1 saturated carbocycles. The molecule has 1 aliphatic carbocycles. The maximum absolute atomic E-state index is 14.8. The lowest BCUT2D eigenvalue weighted by atomic mass is 9.90. The number of methoxy groups -OCH3 is 1. The van der Waals surface area contributed by atoms with Gasteiger partial charge in [0.05, 0.1) is 26.7 Å². The van der Waals surface area contributed by atoms with E-state index in [4.69, 9.17) is 9.47 Å². The predicted molar refractivity (Wildman–Crippen MR) is 146 cm³/mol. The number of fused-ring (bicyclic) bond motifs is 1. The van der Waals surface area contributed by atoms with Crippen LogP contribution in [0.4, 0.5) is 10.3 Å². The first-order chi connectivity index (χ1) is 19.5. The summed E-state index contributed by atoms with van der Waals surface area (Å²) in [4.78, 5) is 25.8. The van der Waals surface area contributed by atoms with Crippen LogP contribution in [0.1, 0.15) is 42.6 Å². The molecular formula is C29H36FN7O3. The zero-order chi connectivity index (χ0) is 27.6. The average molecular weight is 550 g/mol. The Morgan fingerprint density at radius 3 is 2.65 bits per heavy atom. The molecule has 0 N–H and O–H groups in total. The third kappa shape index (κ3) is 5.73. The third-order valence-electron chi connectivity index (χ3n) is 8.55.